The number of rotatable bonds is 10. The van der Waals surface area contributed by atoms with Crippen LogP contribution in [0.3, 0.4) is 0 Å². The zero-order valence-corrected chi connectivity index (χ0v) is 14.1. The van der Waals surface area contributed by atoms with E-state index < -0.39 is 0 Å². The summed E-state index contributed by atoms with van der Waals surface area (Å²) in [6, 6.07) is 0. The lowest BCUT2D eigenvalue weighted by atomic mass is 10.1. The average Bonchev–Trinajstić information content (AvgIpc) is 2.24. The first kappa shape index (κ1) is 17.8. The first-order valence-electron chi connectivity index (χ1n) is 5.86. The molecule has 0 amide bonds. The first-order valence-corrected chi connectivity index (χ1v) is 8.67. The van der Waals surface area contributed by atoms with Gasteiger partial charge < -0.3 is 0 Å². The van der Waals surface area contributed by atoms with Crippen molar-refractivity contribution in [3.63, 3.8) is 0 Å². The van der Waals surface area contributed by atoms with Crippen LogP contribution >= 0.6 is 63.1 Å². The van der Waals surface area contributed by atoms with Crippen LogP contribution in [0.5, 0.6) is 0 Å². The van der Waals surface area contributed by atoms with E-state index in [0.717, 1.165) is 50.0 Å². The summed E-state index contributed by atoms with van der Waals surface area (Å²) < 4.78 is 0. The summed E-state index contributed by atoms with van der Waals surface area (Å²) >= 11 is 22.1. The van der Waals surface area contributed by atoms with Crippen LogP contribution in [-0.2, 0) is 0 Å². The Balaban J connectivity index is 3.46. The maximum absolute atomic E-state index is 4.61. The van der Waals surface area contributed by atoms with Crippen molar-refractivity contribution in [2.75, 3.05) is 11.5 Å². The fourth-order valence-corrected chi connectivity index (χ4v) is 3.39. The minimum absolute atomic E-state index is 0.483. The third-order valence-corrected chi connectivity index (χ3v) is 4.66. The van der Waals surface area contributed by atoms with E-state index in [1.54, 1.807) is 0 Å². The van der Waals surface area contributed by atoms with E-state index >= 15 is 0 Å². The molecular weight excluding hydrogens is 292 g/mol. The Morgan fingerprint density at radius 1 is 0.500 bits per heavy atom. The molecule has 0 spiro atoms. The summed E-state index contributed by atoms with van der Waals surface area (Å²) in [7, 11) is 0. The Kier molecular flexibility index (Phi) is 13.1. The van der Waals surface area contributed by atoms with Crippen LogP contribution < -0.4 is 0 Å². The third kappa shape index (κ3) is 10.9. The van der Waals surface area contributed by atoms with Crippen molar-refractivity contribution in [1.29, 1.82) is 0 Å². The molecule has 0 rings (SSSR count). The lowest BCUT2D eigenvalue weighted by molar-refractivity contribution is 0.602. The van der Waals surface area contributed by atoms with Gasteiger partial charge in [0.05, 0.1) is 0 Å². The standard InChI is InChI=1S/C11H24S5/c12-7-5-10(15)3-1-9(14)2-4-11(16)6-8-13/h9-16H,1-8H2. The van der Waals surface area contributed by atoms with Gasteiger partial charge in [-0.3, -0.25) is 0 Å². The molecule has 0 N–H and O–H groups in total. The van der Waals surface area contributed by atoms with Crippen molar-refractivity contribution in [2.45, 2.75) is 54.3 Å². The van der Waals surface area contributed by atoms with E-state index in [1.165, 1.54) is 0 Å². The average molecular weight is 317 g/mol. The molecule has 0 aliphatic heterocycles. The summed E-state index contributed by atoms with van der Waals surface area (Å²) in [6.45, 7) is 0. The van der Waals surface area contributed by atoms with Gasteiger partial charge in [-0.2, -0.15) is 63.1 Å². The van der Waals surface area contributed by atoms with Crippen LogP contribution in [0.25, 0.3) is 0 Å². The minimum Gasteiger partial charge on any atom is -0.179 e. The fourth-order valence-electron chi connectivity index (χ4n) is 1.50. The van der Waals surface area contributed by atoms with Gasteiger partial charge in [0.15, 0.2) is 0 Å². The molecule has 0 aromatic rings. The highest BCUT2D eigenvalue weighted by Crippen LogP contribution is 2.20. The number of hydrogen-bond acceptors (Lipinski definition) is 5. The molecule has 0 heterocycles. The Bertz CT molecular complexity index is 137. The molecule has 98 valence electrons. The van der Waals surface area contributed by atoms with Crippen molar-refractivity contribution in [3.8, 4) is 0 Å². The zero-order chi connectivity index (χ0) is 12.4. The minimum atomic E-state index is 0.483. The van der Waals surface area contributed by atoms with Gasteiger partial charge in [-0.15, -0.1) is 0 Å². The summed E-state index contributed by atoms with van der Waals surface area (Å²) in [5.74, 6) is 1.85. The normalized spacial score (nSPS) is 17.1. The van der Waals surface area contributed by atoms with Gasteiger partial charge in [0.1, 0.15) is 0 Å². The molecule has 0 saturated carbocycles. The van der Waals surface area contributed by atoms with Gasteiger partial charge in [-0.1, -0.05) is 0 Å². The maximum Gasteiger partial charge on any atom is 0.00249 e. The third-order valence-electron chi connectivity index (χ3n) is 2.59. The molecule has 0 aromatic heterocycles. The zero-order valence-electron chi connectivity index (χ0n) is 9.62. The van der Waals surface area contributed by atoms with E-state index in [9.17, 15) is 0 Å². The smallest absolute Gasteiger partial charge is 0.00249 e. The van der Waals surface area contributed by atoms with E-state index in [1.807, 2.05) is 0 Å². The van der Waals surface area contributed by atoms with Crippen LogP contribution in [0.4, 0.5) is 0 Å². The van der Waals surface area contributed by atoms with Gasteiger partial charge in [0.25, 0.3) is 0 Å². The highest BCUT2D eigenvalue weighted by atomic mass is 32.1. The second-order valence-corrected chi connectivity index (χ2v) is 7.23. The predicted octanol–water partition coefficient (Wildman–Crippen LogP) is 4.08. The second kappa shape index (κ2) is 11.8. The SMILES string of the molecule is SCCC(S)CCC(S)CCC(S)CCS. The van der Waals surface area contributed by atoms with Gasteiger partial charge in [-0.05, 0) is 50.0 Å². The fraction of sp³-hybridized carbons (Fsp3) is 1.00. The molecule has 0 bridgehead atoms. The Morgan fingerprint density at radius 2 is 0.750 bits per heavy atom. The molecule has 5 heteroatoms. The van der Waals surface area contributed by atoms with Gasteiger partial charge in [0.2, 0.25) is 0 Å². The molecular formula is C11H24S5. The van der Waals surface area contributed by atoms with E-state index in [4.69, 9.17) is 0 Å². The highest BCUT2D eigenvalue weighted by Gasteiger charge is 2.09. The topological polar surface area (TPSA) is 0 Å². The molecule has 0 nitrogen and oxygen atoms in total. The van der Waals surface area contributed by atoms with Crippen LogP contribution in [0.2, 0.25) is 0 Å². The number of hydrogen-bond donors (Lipinski definition) is 5. The second-order valence-electron chi connectivity index (χ2n) is 4.14. The Morgan fingerprint density at radius 3 is 1.00 bits per heavy atom. The van der Waals surface area contributed by atoms with Crippen molar-refractivity contribution < 1.29 is 0 Å². The van der Waals surface area contributed by atoms with Crippen LogP contribution in [0, 0.1) is 0 Å². The van der Waals surface area contributed by atoms with Crippen LogP contribution in [-0.4, -0.2) is 27.3 Å². The highest BCUT2D eigenvalue weighted by molar-refractivity contribution is 7.82. The van der Waals surface area contributed by atoms with Crippen molar-refractivity contribution in [1.82, 2.24) is 0 Å². The molecule has 0 aliphatic rings. The van der Waals surface area contributed by atoms with E-state index in [0.29, 0.717) is 15.7 Å². The summed E-state index contributed by atoms with van der Waals surface area (Å²) in [5.41, 5.74) is 0. The van der Waals surface area contributed by atoms with Crippen LogP contribution in [0.1, 0.15) is 38.5 Å². The maximum atomic E-state index is 4.61. The van der Waals surface area contributed by atoms with Gasteiger partial charge in [0, 0.05) is 15.7 Å². The predicted molar refractivity (Wildman–Crippen MR) is 93.7 cm³/mol. The van der Waals surface area contributed by atoms with E-state index in [-0.39, 0.29) is 0 Å². The van der Waals surface area contributed by atoms with Crippen LogP contribution in [0.15, 0.2) is 0 Å². The van der Waals surface area contributed by atoms with Crippen molar-refractivity contribution >= 4 is 63.1 Å². The largest absolute Gasteiger partial charge is 0.179 e. The molecule has 0 aliphatic carbocycles. The Hall–Kier alpha value is 1.75. The van der Waals surface area contributed by atoms with Gasteiger partial charge in [-0.25, -0.2) is 0 Å². The molecule has 2 unspecified atom stereocenters. The first-order chi connectivity index (χ1) is 7.60. The molecule has 0 aromatic carbocycles. The van der Waals surface area contributed by atoms with Crippen molar-refractivity contribution in [3.05, 3.63) is 0 Å². The molecule has 0 fully saturated rings. The molecule has 2 atom stereocenters. The molecule has 16 heavy (non-hydrogen) atoms. The van der Waals surface area contributed by atoms with E-state index in [2.05, 4.69) is 63.1 Å². The number of thiol groups is 5. The lowest BCUT2D eigenvalue weighted by Crippen LogP contribution is -2.09. The monoisotopic (exact) mass is 316 g/mol. The quantitative estimate of drug-likeness (QED) is 0.369. The summed E-state index contributed by atoms with van der Waals surface area (Å²) in [4.78, 5) is 0. The summed E-state index contributed by atoms with van der Waals surface area (Å²) in [5, 5.41) is 1.46. The lowest BCUT2D eigenvalue weighted by Gasteiger charge is -2.15. The Labute approximate surface area is 128 Å². The van der Waals surface area contributed by atoms with Crippen molar-refractivity contribution in [2.24, 2.45) is 0 Å². The molecule has 0 saturated heterocycles. The summed E-state index contributed by atoms with van der Waals surface area (Å²) in [6.07, 6.45) is 6.74. The van der Waals surface area contributed by atoms with Gasteiger partial charge >= 0.3 is 0 Å². The molecule has 0 radical (unpaired) electrons.